The van der Waals surface area contributed by atoms with Crippen molar-refractivity contribution in [2.45, 2.75) is 57.9 Å². The molecule has 0 radical (unpaired) electrons. The molecule has 2 aliphatic rings. The highest BCUT2D eigenvalue weighted by Crippen LogP contribution is 2.34. The second kappa shape index (κ2) is 5.91. The second-order valence-corrected chi connectivity index (χ2v) is 8.59. The van der Waals surface area contributed by atoms with Crippen LogP contribution < -0.4 is 5.73 Å². The number of sulfone groups is 1. The van der Waals surface area contributed by atoms with Gasteiger partial charge in [-0.25, -0.2) is 8.42 Å². The van der Waals surface area contributed by atoms with Gasteiger partial charge in [-0.2, -0.15) is 0 Å². The van der Waals surface area contributed by atoms with Gasteiger partial charge in [0.1, 0.15) is 0 Å². The van der Waals surface area contributed by atoms with E-state index in [2.05, 4.69) is 6.92 Å². The highest BCUT2D eigenvalue weighted by molar-refractivity contribution is 7.91. The third kappa shape index (κ3) is 3.70. The summed E-state index contributed by atoms with van der Waals surface area (Å²) >= 11 is 0. The van der Waals surface area contributed by atoms with Crippen LogP contribution in [0.15, 0.2) is 0 Å². The maximum absolute atomic E-state index is 11.4. The average molecular weight is 273 g/mol. The van der Waals surface area contributed by atoms with Crippen LogP contribution in [0, 0.1) is 17.8 Å². The van der Waals surface area contributed by atoms with Gasteiger partial charge in [0.15, 0.2) is 9.84 Å². The second-order valence-electron chi connectivity index (χ2n) is 6.36. The lowest BCUT2D eigenvalue weighted by atomic mass is 9.76. The van der Waals surface area contributed by atoms with Crippen molar-refractivity contribution < 1.29 is 8.42 Å². The number of hydrogen-bond acceptors (Lipinski definition) is 3. The monoisotopic (exact) mass is 273 g/mol. The van der Waals surface area contributed by atoms with Gasteiger partial charge in [0.05, 0.1) is 11.5 Å². The molecule has 0 aromatic rings. The normalized spacial score (nSPS) is 37.6. The van der Waals surface area contributed by atoms with Crippen LogP contribution in [-0.2, 0) is 9.84 Å². The number of nitrogens with two attached hydrogens (primary N) is 1. The van der Waals surface area contributed by atoms with Gasteiger partial charge in [-0.1, -0.05) is 26.2 Å². The molecule has 0 aromatic carbocycles. The molecule has 4 heteroatoms. The van der Waals surface area contributed by atoms with Crippen LogP contribution in [0.5, 0.6) is 0 Å². The summed E-state index contributed by atoms with van der Waals surface area (Å²) in [5, 5.41) is 0. The van der Waals surface area contributed by atoms with Crippen molar-refractivity contribution in [1.29, 1.82) is 0 Å². The lowest BCUT2D eigenvalue weighted by Gasteiger charge is -2.32. The van der Waals surface area contributed by atoms with Gasteiger partial charge in [0, 0.05) is 6.04 Å². The molecule has 0 spiro atoms. The fourth-order valence-electron chi connectivity index (χ4n) is 3.66. The Morgan fingerprint density at radius 2 is 1.78 bits per heavy atom. The molecule has 2 unspecified atom stereocenters. The Labute approximate surface area is 111 Å². The van der Waals surface area contributed by atoms with Crippen molar-refractivity contribution in [3.05, 3.63) is 0 Å². The minimum atomic E-state index is -2.74. The first-order chi connectivity index (χ1) is 8.50. The van der Waals surface area contributed by atoms with E-state index >= 15 is 0 Å². The average Bonchev–Trinajstić information content (AvgIpc) is 2.68. The van der Waals surface area contributed by atoms with Gasteiger partial charge in [-0.15, -0.1) is 0 Å². The van der Waals surface area contributed by atoms with E-state index in [1.165, 1.54) is 32.1 Å². The molecule has 3 nitrogen and oxygen atoms in total. The fourth-order valence-corrected chi connectivity index (χ4v) is 5.54. The molecule has 2 fully saturated rings. The molecule has 106 valence electrons. The molecule has 0 aromatic heterocycles. The smallest absolute Gasteiger partial charge is 0.150 e. The molecule has 1 aliphatic heterocycles. The third-order valence-corrected chi connectivity index (χ3v) is 6.84. The zero-order valence-corrected chi connectivity index (χ0v) is 12.3. The Balaban J connectivity index is 1.77. The van der Waals surface area contributed by atoms with E-state index in [4.69, 9.17) is 5.73 Å². The Morgan fingerprint density at radius 3 is 2.28 bits per heavy atom. The molecule has 1 aliphatic carbocycles. The molecular formula is C14H27NO2S. The zero-order valence-electron chi connectivity index (χ0n) is 11.5. The molecule has 2 rings (SSSR count). The fraction of sp³-hybridized carbons (Fsp3) is 1.00. The Hall–Kier alpha value is -0.0900. The van der Waals surface area contributed by atoms with Crippen LogP contribution in [-0.4, -0.2) is 26.0 Å². The molecule has 0 bridgehead atoms. The topological polar surface area (TPSA) is 60.2 Å². The van der Waals surface area contributed by atoms with Gasteiger partial charge in [-0.05, 0) is 43.4 Å². The lowest BCUT2D eigenvalue weighted by molar-refractivity contribution is 0.223. The van der Waals surface area contributed by atoms with Gasteiger partial charge in [0.2, 0.25) is 0 Å². The molecule has 18 heavy (non-hydrogen) atoms. The van der Waals surface area contributed by atoms with E-state index in [0.29, 0.717) is 23.3 Å². The molecule has 2 atom stereocenters. The van der Waals surface area contributed by atoms with Gasteiger partial charge < -0.3 is 5.73 Å². The van der Waals surface area contributed by atoms with Crippen LogP contribution in [0.2, 0.25) is 0 Å². The van der Waals surface area contributed by atoms with Gasteiger partial charge >= 0.3 is 0 Å². The lowest BCUT2D eigenvalue weighted by Crippen LogP contribution is -2.35. The first-order valence-electron chi connectivity index (χ1n) is 7.46. The van der Waals surface area contributed by atoms with Crippen LogP contribution in [0.4, 0.5) is 0 Å². The van der Waals surface area contributed by atoms with E-state index in [-0.39, 0.29) is 6.04 Å². The minimum Gasteiger partial charge on any atom is -0.327 e. The molecule has 0 amide bonds. The Morgan fingerprint density at radius 1 is 1.11 bits per heavy atom. The maximum atomic E-state index is 11.4. The first-order valence-corrected chi connectivity index (χ1v) is 9.28. The first kappa shape index (κ1) is 14.3. The predicted molar refractivity (Wildman–Crippen MR) is 75.1 cm³/mol. The van der Waals surface area contributed by atoms with E-state index < -0.39 is 9.84 Å². The SMILES string of the molecule is CCC1CCC(C(N)CC2CCS(=O)(=O)C2)CC1. The molecule has 1 heterocycles. The van der Waals surface area contributed by atoms with Crippen molar-refractivity contribution >= 4 is 9.84 Å². The molecule has 2 N–H and O–H groups in total. The molecule has 1 saturated heterocycles. The molecular weight excluding hydrogens is 246 g/mol. The van der Waals surface area contributed by atoms with E-state index in [9.17, 15) is 8.42 Å². The van der Waals surface area contributed by atoms with E-state index in [1.54, 1.807) is 0 Å². The summed E-state index contributed by atoms with van der Waals surface area (Å²) in [5.41, 5.74) is 6.31. The summed E-state index contributed by atoms with van der Waals surface area (Å²) in [6, 6.07) is 0.223. The van der Waals surface area contributed by atoms with Crippen LogP contribution in [0.25, 0.3) is 0 Å². The van der Waals surface area contributed by atoms with Crippen LogP contribution in [0.1, 0.15) is 51.9 Å². The van der Waals surface area contributed by atoms with Crippen molar-refractivity contribution in [3.8, 4) is 0 Å². The Kier molecular flexibility index (Phi) is 4.70. The van der Waals surface area contributed by atoms with Crippen molar-refractivity contribution in [3.63, 3.8) is 0 Å². The summed E-state index contributed by atoms with van der Waals surface area (Å²) in [4.78, 5) is 0. The number of hydrogen-bond donors (Lipinski definition) is 1. The van der Waals surface area contributed by atoms with Crippen LogP contribution in [0.3, 0.4) is 0 Å². The maximum Gasteiger partial charge on any atom is 0.150 e. The Bertz CT molecular complexity index is 358. The van der Waals surface area contributed by atoms with Gasteiger partial charge in [0.25, 0.3) is 0 Å². The summed E-state index contributed by atoms with van der Waals surface area (Å²) in [5.74, 6) is 2.63. The van der Waals surface area contributed by atoms with Crippen LogP contribution >= 0.6 is 0 Å². The number of rotatable bonds is 4. The quantitative estimate of drug-likeness (QED) is 0.855. The van der Waals surface area contributed by atoms with Crippen molar-refractivity contribution in [2.75, 3.05) is 11.5 Å². The summed E-state index contributed by atoms with van der Waals surface area (Å²) < 4.78 is 22.9. The summed E-state index contributed by atoms with van der Waals surface area (Å²) in [6.45, 7) is 2.27. The van der Waals surface area contributed by atoms with E-state index in [1.807, 2.05) is 0 Å². The van der Waals surface area contributed by atoms with Crippen molar-refractivity contribution in [1.82, 2.24) is 0 Å². The minimum absolute atomic E-state index is 0.223. The van der Waals surface area contributed by atoms with Crippen molar-refractivity contribution in [2.24, 2.45) is 23.5 Å². The van der Waals surface area contributed by atoms with E-state index in [0.717, 1.165) is 18.8 Å². The standard InChI is InChI=1S/C14H27NO2S/c1-2-11-3-5-13(6-4-11)14(15)9-12-7-8-18(16,17)10-12/h11-14H,2-10,15H2,1H3. The third-order valence-electron chi connectivity index (χ3n) is 5.01. The zero-order chi connectivity index (χ0) is 13.2. The molecule has 1 saturated carbocycles. The largest absolute Gasteiger partial charge is 0.327 e. The highest BCUT2D eigenvalue weighted by atomic mass is 32.2. The summed E-state index contributed by atoms with van der Waals surface area (Å²) in [6.07, 6.45) is 8.18. The highest BCUT2D eigenvalue weighted by Gasteiger charge is 2.32. The predicted octanol–water partition coefficient (Wildman–Crippen LogP) is 2.35. The summed E-state index contributed by atoms with van der Waals surface area (Å²) in [7, 11) is -2.74. The van der Waals surface area contributed by atoms with Gasteiger partial charge in [-0.3, -0.25) is 0 Å².